The Kier molecular flexibility index (Phi) is 3.25. The van der Waals surface area contributed by atoms with Gasteiger partial charge in [-0.3, -0.25) is 0 Å². The number of aromatic nitrogens is 2. The Labute approximate surface area is 112 Å². The molecule has 0 bridgehead atoms. The lowest BCUT2D eigenvalue weighted by atomic mass is 9.89. The molecule has 1 aliphatic rings. The fraction of sp³-hybridized carbons (Fsp3) is 0.400. The Balaban J connectivity index is 1.75. The molecule has 4 nitrogen and oxygen atoms in total. The quantitative estimate of drug-likeness (QED) is 0.919. The Morgan fingerprint density at radius 3 is 3.16 bits per heavy atom. The van der Waals surface area contributed by atoms with Gasteiger partial charge in [0, 0.05) is 19.4 Å². The number of nitrogens with zero attached hydrogens (tertiary/aromatic N) is 2. The predicted octanol–water partition coefficient (Wildman–Crippen LogP) is 2.37. The SMILES string of the molecule is Cn1ccnc1COc1ccc2c(c1)[C@@H](O)CCC2. The van der Waals surface area contributed by atoms with Gasteiger partial charge < -0.3 is 14.4 Å². The first-order chi connectivity index (χ1) is 9.24. The number of aliphatic hydroxyl groups excluding tert-OH is 1. The van der Waals surface area contributed by atoms with Gasteiger partial charge in [0.2, 0.25) is 0 Å². The smallest absolute Gasteiger partial charge is 0.146 e. The zero-order valence-electron chi connectivity index (χ0n) is 11.0. The standard InChI is InChI=1S/C15H18N2O2/c1-17-8-7-16-15(17)10-19-12-6-5-11-3-2-4-14(18)13(11)9-12/h5-9,14,18H,2-4,10H2,1H3/t14-/m0/s1. The molecule has 0 saturated heterocycles. The van der Waals surface area contributed by atoms with E-state index < -0.39 is 0 Å². The third-order valence-corrected chi connectivity index (χ3v) is 3.69. The number of ether oxygens (including phenoxy) is 1. The van der Waals surface area contributed by atoms with Crippen LogP contribution in [-0.2, 0) is 20.1 Å². The van der Waals surface area contributed by atoms with Gasteiger partial charge >= 0.3 is 0 Å². The van der Waals surface area contributed by atoms with Gasteiger partial charge in [0.05, 0.1) is 6.10 Å². The molecule has 4 heteroatoms. The second kappa shape index (κ2) is 5.05. The van der Waals surface area contributed by atoms with Crippen molar-refractivity contribution in [2.24, 2.45) is 7.05 Å². The highest BCUT2D eigenvalue weighted by Gasteiger charge is 2.18. The van der Waals surface area contributed by atoms with Gasteiger partial charge in [-0.05, 0) is 42.5 Å². The molecule has 1 atom stereocenters. The van der Waals surface area contributed by atoms with Crippen LogP contribution in [-0.4, -0.2) is 14.7 Å². The highest BCUT2D eigenvalue weighted by atomic mass is 16.5. The first kappa shape index (κ1) is 12.2. The third kappa shape index (κ3) is 2.49. The number of fused-ring (bicyclic) bond motifs is 1. The molecule has 0 spiro atoms. The molecule has 1 heterocycles. The Morgan fingerprint density at radius 1 is 1.47 bits per heavy atom. The van der Waals surface area contributed by atoms with E-state index in [9.17, 15) is 5.11 Å². The van der Waals surface area contributed by atoms with Crippen LogP contribution in [0.2, 0.25) is 0 Å². The van der Waals surface area contributed by atoms with Crippen molar-refractivity contribution in [1.29, 1.82) is 0 Å². The summed E-state index contributed by atoms with van der Waals surface area (Å²) in [6.07, 6.45) is 6.26. The molecule has 3 rings (SSSR count). The van der Waals surface area contributed by atoms with E-state index in [2.05, 4.69) is 11.1 Å². The molecule has 100 valence electrons. The molecule has 1 aromatic heterocycles. The number of hydrogen-bond acceptors (Lipinski definition) is 3. The normalized spacial score (nSPS) is 18.1. The van der Waals surface area contributed by atoms with Crippen molar-refractivity contribution < 1.29 is 9.84 Å². The molecular weight excluding hydrogens is 240 g/mol. The molecule has 1 aliphatic carbocycles. The van der Waals surface area contributed by atoms with E-state index in [4.69, 9.17) is 4.74 Å². The van der Waals surface area contributed by atoms with E-state index in [0.29, 0.717) is 6.61 Å². The van der Waals surface area contributed by atoms with Crippen LogP contribution in [0.4, 0.5) is 0 Å². The van der Waals surface area contributed by atoms with Gasteiger partial charge in [-0.25, -0.2) is 4.98 Å². The fourth-order valence-electron chi connectivity index (χ4n) is 2.53. The van der Waals surface area contributed by atoms with E-state index in [1.807, 2.05) is 29.9 Å². The van der Waals surface area contributed by atoms with Crippen LogP contribution < -0.4 is 4.74 Å². The predicted molar refractivity (Wildman–Crippen MR) is 71.9 cm³/mol. The average Bonchev–Trinajstić information content (AvgIpc) is 2.83. The maximum absolute atomic E-state index is 10.0. The molecule has 0 fully saturated rings. The maximum Gasteiger partial charge on any atom is 0.146 e. The maximum atomic E-state index is 10.0. The first-order valence-corrected chi connectivity index (χ1v) is 6.64. The second-order valence-corrected chi connectivity index (χ2v) is 5.01. The molecule has 2 aromatic rings. The summed E-state index contributed by atoms with van der Waals surface area (Å²) >= 11 is 0. The monoisotopic (exact) mass is 258 g/mol. The molecule has 1 aromatic carbocycles. The van der Waals surface area contributed by atoms with Crippen molar-refractivity contribution in [3.8, 4) is 5.75 Å². The van der Waals surface area contributed by atoms with Crippen molar-refractivity contribution in [1.82, 2.24) is 9.55 Å². The number of hydrogen-bond donors (Lipinski definition) is 1. The van der Waals surface area contributed by atoms with E-state index in [0.717, 1.165) is 36.4 Å². The minimum atomic E-state index is -0.347. The van der Waals surface area contributed by atoms with Crippen LogP contribution in [0.15, 0.2) is 30.6 Å². The number of rotatable bonds is 3. The van der Waals surface area contributed by atoms with Gasteiger partial charge in [-0.15, -0.1) is 0 Å². The van der Waals surface area contributed by atoms with Gasteiger partial charge in [-0.1, -0.05) is 6.07 Å². The van der Waals surface area contributed by atoms with Crippen LogP contribution in [0.1, 0.15) is 35.9 Å². The Morgan fingerprint density at radius 2 is 2.37 bits per heavy atom. The van der Waals surface area contributed by atoms with Crippen LogP contribution >= 0.6 is 0 Å². The molecule has 0 radical (unpaired) electrons. The molecule has 0 aliphatic heterocycles. The molecule has 0 saturated carbocycles. The summed E-state index contributed by atoms with van der Waals surface area (Å²) in [5.41, 5.74) is 2.26. The highest BCUT2D eigenvalue weighted by molar-refractivity contribution is 5.38. The van der Waals surface area contributed by atoms with E-state index in [-0.39, 0.29) is 6.10 Å². The van der Waals surface area contributed by atoms with E-state index in [1.165, 1.54) is 5.56 Å². The topological polar surface area (TPSA) is 47.3 Å². The third-order valence-electron chi connectivity index (χ3n) is 3.69. The Bertz CT molecular complexity index is 577. The van der Waals surface area contributed by atoms with Gasteiger partial charge in [0.15, 0.2) is 0 Å². The average molecular weight is 258 g/mol. The highest BCUT2D eigenvalue weighted by Crippen LogP contribution is 2.32. The molecular formula is C15H18N2O2. The first-order valence-electron chi connectivity index (χ1n) is 6.64. The fourth-order valence-corrected chi connectivity index (χ4v) is 2.53. The minimum absolute atomic E-state index is 0.347. The van der Waals surface area contributed by atoms with Crippen molar-refractivity contribution in [2.75, 3.05) is 0 Å². The van der Waals surface area contributed by atoms with E-state index in [1.54, 1.807) is 6.20 Å². The second-order valence-electron chi connectivity index (χ2n) is 5.01. The van der Waals surface area contributed by atoms with Crippen molar-refractivity contribution >= 4 is 0 Å². The molecule has 19 heavy (non-hydrogen) atoms. The van der Waals surface area contributed by atoms with Gasteiger partial charge in [0.25, 0.3) is 0 Å². The summed E-state index contributed by atoms with van der Waals surface area (Å²) in [7, 11) is 1.95. The van der Waals surface area contributed by atoms with Crippen LogP contribution in [0.3, 0.4) is 0 Å². The number of aryl methyl sites for hydroxylation is 2. The summed E-state index contributed by atoms with van der Waals surface area (Å²) < 4.78 is 7.69. The summed E-state index contributed by atoms with van der Waals surface area (Å²) in [6.45, 7) is 0.443. The zero-order chi connectivity index (χ0) is 13.2. The number of aliphatic hydroxyl groups is 1. The largest absolute Gasteiger partial charge is 0.486 e. The summed E-state index contributed by atoms with van der Waals surface area (Å²) in [6, 6.07) is 5.99. The number of imidazole rings is 1. The summed E-state index contributed by atoms with van der Waals surface area (Å²) in [5, 5.41) is 10.0. The summed E-state index contributed by atoms with van der Waals surface area (Å²) in [4.78, 5) is 4.22. The lowest BCUT2D eigenvalue weighted by Crippen LogP contribution is -2.09. The molecule has 1 N–H and O–H groups in total. The Hall–Kier alpha value is -1.81. The van der Waals surface area contributed by atoms with Gasteiger partial charge in [0.1, 0.15) is 18.2 Å². The summed E-state index contributed by atoms with van der Waals surface area (Å²) in [5.74, 6) is 1.68. The lowest BCUT2D eigenvalue weighted by molar-refractivity contribution is 0.156. The van der Waals surface area contributed by atoms with Crippen LogP contribution in [0, 0.1) is 0 Å². The molecule has 0 unspecified atom stereocenters. The zero-order valence-corrected chi connectivity index (χ0v) is 11.0. The minimum Gasteiger partial charge on any atom is -0.486 e. The van der Waals surface area contributed by atoms with Crippen molar-refractivity contribution in [2.45, 2.75) is 32.0 Å². The lowest BCUT2D eigenvalue weighted by Gasteiger charge is -2.21. The van der Waals surface area contributed by atoms with Crippen molar-refractivity contribution in [3.05, 3.63) is 47.5 Å². The van der Waals surface area contributed by atoms with E-state index >= 15 is 0 Å². The van der Waals surface area contributed by atoms with Gasteiger partial charge in [-0.2, -0.15) is 0 Å². The molecule has 0 amide bonds. The number of benzene rings is 1. The van der Waals surface area contributed by atoms with Crippen molar-refractivity contribution in [3.63, 3.8) is 0 Å². The van der Waals surface area contributed by atoms with Crippen LogP contribution in [0.5, 0.6) is 5.75 Å². The van der Waals surface area contributed by atoms with Crippen LogP contribution in [0.25, 0.3) is 0 Å².